The summed E-state index contributed by atoms with van der Waals surface area (Å²) in [7, 11) is 0. The minimum atomic E-state index is 1.46. The molecule has 0 aliphatic carbocycles. The Kier molecular flexibility index (Phi) is 1.75. The Morgan fingerprint density at radius 2 is 2.57 bits per heavy atom. The molecular formula is C5H4NS. The zero-order valence-electron chi connectivity index (χ0n) is 3.66. The molecule has 0 N–H and O–H groups in total. The summed E-state index contributed by atoms with van der Waals surface area (Å²) >= 11 is 1.46. The second-order valence-corrected chi connectivity index (χ2v) is 1.68. The van der Waals surface area contributed by atoms with Crippen LogP contribution in [0, 0.1) is 5.41 Å². The van der Waals surface area contributed by atoms with Gasteiger partial charge in [-0.15, -0.1) is 0 Å². The number of nitrogens with zero attached hydrogens (tertiary/aromatic N) is 1. The Morgan fingerprint density at radius 1 is 1.57 bits per heavy atom. The second-order valence-electron chi connectivity index (χ2n) is 0.998. The molecule has 1 rings (SSSR count). The fourth-order valence-corrected chi connectivity index (χ4v) is 0.616. The van der Waals surface area contributed by atoms with Crippen molar-refractivity contribution in [3.63, 3.8) is 0 Å². The number of rotatable bonds is 0. The first-order valence-corrected chi connectivity index (χ1v) is 2.79. The summed E-state index contributed by atoms with van der Waals surface area (Å²) in [5.74, 6) is 0. The van der Waals surface area contributed by atoms with Crippen LogP contribution in [-0.2, 0) is 0 Å². The molecule has 0 unspecified atom stereocenters. The predicted molar refractivity (Wildman–Crippen MR) is 33.0 cm³/mol. The highest BCUT2D eigenvalue weighted by Gasteiger charge is 1.73. The molecular weight excluding hydrogens is 106 g/mol. The lowest BCUT2D eigenvalue weighted by Crippen LogP contribution is -1.49. The van der Waals surface area contributed by atoms with Crippen LogP contribution in [-0.4, -0.2) is 5.55 Å². The third-order valence-electron chi connectivity index (χ3n) is 0.518. The average Bonchev–Trinajstić information content (AvgIpc) is 1.90. The molecule has 1 aliphatic rings. The van der Waals surface area contributed by atoms with E-state index in [1.807, 2.05) is 12.2 Å². The first-order valence-electron chi connectivity index (χ1n) is 1.91. The van der Waals surface area contributed by atoms with Gasteiger partial charge in [-0.2, -0.15) is 0 Å². The Hall–Kier alpha value is -0.500. The van der Waals surface area contributed by atoms with Gasteiger partial charge in [0.2, 0.25) is 0 Å². The molecule has 0 spiro atoms. The van der Waals surface area contributed by atoms with Crippen LogP contribution in [0.2, 0.25) is 0 Å². The van der Waals surface area contributed by atoms with E-state index < -0.39 is 0 Å². The van der Waals surface area contributed by atoms with Crippen molar-refractivity contribution < 1.29 is 0 Å². The summed E-state index contributed by atoms with van der Waals surface area (Å²) < 4.78 is 0. The SMILES string of the molecule is [C]1=CC=CN=CS1. The second kappa shape index (κ2) is 2.64. The van der Waals surface area contributed by atoms with Crippen molar-refractivity contribution >= 4 is 17.3 Å². The molecule has 0 amide bonds. The molecule has 1 heterocycles. The number of hydrogen-bond acceptors (Lipinski definition) is 2. The smallest absolute Gasteiger partial charge is 0.0644 e. The molecule has 1 radical (unpaired) electrons. The van der Waals surface area contributed by atoms with Gasteiger partial charge < -0.3 is 0 Å². The minimum absolute atomic E-state index is 1.46. The maximum atomic E-state index is 3.83. The molecule has 0 atom stereocenters. The van der Waals surface area contributed by atoms with Gasteiger partial charge in [0.15, 0.2) is 0 Å². The normalized spacial score (nSPS) is 17.1. The predicted octanol–water partition coefficient (Wildman–Crippen LogP) is 1.59. The fourth-order valence-electron chi connectivity index (χ4n) is 0.267. The molecule has 35 valence electrons. The maximum absolute atomic E-state index is 3.83. The number of thioether (sulfide) groups is 1. The minimum Gasteiger partial charge on any atom is -0.258 e. The van der Waals surface area contributed by atoms with Crippen LogP contribution in [0.25, 0.3) is 0 Å². The molecule has 7 heavy (non-hydrogen) atoms. The monoisotopic (exact) mass is 110 g/mol. The summed E-state index contributed by atoms with van der Waals surface area (Å²) in [5.41, 5.74) is 1.74. The van der Waals surface area contributed by atoms with Crippen molar-refractivity contribution in [1.82, 2.24) is 0 Å². The molecule has 0 bridgehead atoms. The summed E-state index contributed by atoms with van der Waals surface area (Å²) in [5, 5.41) is 2.90. The van der Waals surface area contributed by atoms with Crippen molar-refractivity contribution in [2.45, 2.75) is 0 Å². The lowest BCUT2D eigenvalue weighted by molar-refractivity contribution is 1.61. The van der Waals surface area contributed by atoms with E-state index in [2.05, 4.69) is 10.4 Å². The topological polar surface area (TPSA) is 12.4 Å². The van der Waals surface area contributed by atoms with E-state index in [0.717, 1.165) is 0 Å². The Labute approximate surface area is 46.8 Å². The molecule has 0 aromatic heterocycles. The Morgan fingerprint density at radius 3 is 3.57 bits per heavy atom. The zero-order valence-corrected chi connectivity index (χ0v) is 4.48. The molecule has 0 fully saturated rings. The largest absolute Gasteiger partial charge is 0.258 e. The highest BCUT2D eigenvalue weighted by atomic mass is 32.2. The lowest BCUT2D eigenvalue weighted by atomic mass is 10.6. The standard InChI is InChI=1S/C5H4NS/c1-2-4-7-5-6-3-1/h1-3,5H. The van der Waals surface area contributed by atoms with Gasteiger partial charge in [-0.25, -0.2) is 0 Å². The third kappa shape index (κ3) is 1.59. The van der Waals surface area contributed by atoms with Gasteiger partial charge in [-0.1, -0.05) is 11.8 Å². The Bertz CT molecular complexity index is 110. The highest BCUT2D eigenvalue weighted by Crippen LogP contribution is 1.98. The van der Waals surface area contributed by atoms with Crippen molar-refractivity contribution in [3.8, 4) is 0 Å². The molecule has 0 aromatic carbocycles. The zero-order chi connectivity index (χ0) is 4.95. The first-order chi connectivity index (χ1) is 3.50. The van der Waals surface area contributed by atoms with Gasteiger partial charge in [0.05, 0.1) is 5.55 Å². The van der Waals surface area contributed by atoms with E-state index in [1.165, 1.54) is 11.8 Å². The van der Waals surface area contributed by atoms with E-state index in [4.69, 9.17) is 0 Å². The van der Waals surface area contributed by atoms with Crippen molar-refractivity contribution in [2.24, 2.45) is 4.99 Å². The lowest BCUT2D eigenvalue weighted by Gasteiger charge is -1.67. The van der Waals surface area contributed by atoms with Crippen molar-refractivity contribution in [2.75, 3.05) is 0 Å². The van der Waals surface area contributed by atoms with Crippen molar-refractivity contribution in [3.05, 3.63) is 23.8 Å². The molecule has 0 saturated carbocycles. The van der Waals surface area contributed by atoms with Crippen molar-refractivity contribution in [1.29, 1.82) is 0 Å². The van der Waals surface area contributed by atoms with E-state index in [-0.39, 0.29) is 0 Å². The quantitative estimate of drug-likeness (QED) is 0.461. The number of aliphatic imine (C=N–C) groups is 1. The summed E-state index contributed by atoms with van der Waals surface area (Å²) in [4.78, 5) is 3.83. The van der Waals surface area contributed by atoms with Crippen LogP contribution in [0.4, 0.5) is 0 Å². The summed E-state index contributed by atoms with van der Waals surface area (Å²) in [6.45, 7) is 0. The van der Waals surface area contributed by atoms with Gasteiger partial charge in [-0.05, 0) is 12.2 Å². The highest BCUT2D eigenvalue weighted by molar-refractivity contribution is 8.13. The van der Waals surface area contributed by atoms with Gasteiger partial charge in [-0.3, -0.25) is 4.99 Å². The van der Waals surface area contributed by atoms with Crippen LogP contribution in [0.1, 0.15) is 0 Å². The Balaban J connectivity index is 2.60. The fraction of sp³-hybridized carbons (Fsp3) is 0. The van der Waals surface area contributed by atoms with E-state index in [9.17, 15) is 0 Å². The summed E-state index contributed by atoms with van der Waals surface area (Å²) in [6.07, 6.45) is 5.40. The van der Waals surface area contributed by atoms with Gasteiger partial charge >= 0.3 is 0 Å². The molecule has 0 aromatic rings. The van der Waals surface area contributed by atoms with Gasteiger partial charge in [0.25, 0.3) is 0 Å². The number of allylic oxidation sites excluding steroid dienone is 2. The molecule has 1 nitrogen and oxygen atoms in total. The van der Waals surface area contributed by atoms with Crippen LogP contribution in [0.5, 0.6) is 0 Å². The van der Waals surface area contributed by atoms with E-state index in [1.54, 1.807) is 11.7 Å². The maximum Gasteiger partial charge on any atom is 0.0644 e. The third-order valence-corrected chi connectivity index (χ3v) is 1.02. The van der Waals surface area contributed by atoms with Crippen LogP contribution < -0.4 is 0 Å². The van der Waals surface area contributed by atoms with E-state index >= 15 is 0 Å². The average molecular weight is 110 g/mol. The molecule has 1 aliphatic heterocycles. The van der Waals surface area contributed by atoms with Gasteiger partial charge in [0, 0.05) is 11.6 Å². The van der Waals surface area contributed by atoms with Gasteiger partial charge in [0.1, 0.15) is 0 Å². The molecule has 0 saturated heterocycles. The van der Waals surface area contributed by atoms with Crippen LogP contribution in [0.15, 0.2) is 23.3 Å². The first kappa shape index (κ1) is 4.65. The van der Waals surface area contributed by atoms with E-state index in [0.29, 0.717) is 0 Å². The number of hydrogen-bond donors (Lipinski definition) is 0. The van der Waals surface area contributed by atoms with Crippen LogP contribution >= 0.6 is 11.8 Å². The summed E-state index contributed by atoms with van der Waals surface area (Å²) in [6, 6.07) is 0. The van der Waals surface area contributed by atoms with Crippen LogP contribution in [0.3, 0.4) is 0 Å². The molecule has 2 heteroatoms.